The molecule has 0 heterocycles. The molecule has 1 N–H and O–H groups in total. The zero-order chi connectivity index (χ0) is 14.3. The Hall–Kier alpha value is -1.75. The fraction of sp³-hybridized carbons (Fsp3) is 0.286. The van der Waals surface area contributed by atoms with Crippen LogP contribution in [0.2, 0.25) is 0 Å². The second-order valence-corrected chi connectivity index (χ2v) is 4.87. The van der Waals surface area contributed by atoms with Crippen molar-refractivity contribution in [3.05, 3.63) is 36.4 Å². The van der Waals surface area contributed by atoms with Crippen molar-refractivity contribution in [1.82, 2.24) is 0 Å². The van der Waals surface area contributed by atoms with Gasteiger partial charge in [-0.2, -0.15) is 0 Å². The molecule has 0 atom stereocenters. The van der Waals surface area contributed by atoms with Gasteiger partial charge >= 0.3 is 5.97 Å². The van der Waals surface area contributed by atoms with E-state index in [1.807, 2.05) is 24.3 Å². The van der Waals surface area contributed by atoms with Crippen LogP contribution in [-0.2, 0) is 14.3 Å². The van der Waals surface area contributed by atoms with Gasteiger partial charge in [0.2, 0.25) is 5.91 Å². The summed E-state index contributed by atoms with van der Waals surface area (Å²) in [5, 5.41) is 2.69. The van der Waals surface area contributed by atoms with Gasteiger partial charge in [-0.15, -0.1) is 11.8 Å². The van der Waals surface area contributed by atoms with E-state index < -0.39 is 0 Å². The van der Waals surface area contributed by atoms with Crippen molar-refractivity contribution in [1.29, 1.82) is 0 Å². The molecule has 19 heavy (non-hydrogen) atoms. The molecule has 1 amide bonds. The lowest BCUT2D eigenvalue weighted by molar-refractivity contribution is -0.138. The van der Waals surface area contributed by atoms with Gasteiger partial charge in [-0.25, -0.2) is 4.79 Å². The first-order valence-electron chi connectivity index (χ1n) is 5.88. The molecular formula is C14H17NO3S. The van der Waals surface area contributed by atoms with Crippen molar-refractivity contribution in [2.45, 2.75) is 18.7 Å². The Morgan fingerprint density at radius 3 is 2.47 bits per heavy atom. The van der Waals surface area contributed by atoms with Gasteiger partial charge in [-0.3, -0.25) is 4.79 Å². The molecule has 0 aromatic heterocycles. The third kappa shape index (κ3) is 5.61. The predicted octanol–water partition coefficient (Wildman–Crippen LogP) is 2.86. The van der Waals surface area contributed by atoms with E-state index in [0.29, 0.717) is 17.9 Å². The third-order valence-electron chi connectivity index (χ3n) is 2.15. The second-order valence-electron chi connectivity index (χ2n) is 3.82. The minimum absolute atomic E-state index is 0.101. The Morgan fingerprint density at radius 1 is 1.32 bits per heavy atom. The number of benzene rings is 1. The molecule has 1 rings (SSSR count). The van der Waals surface area contributed by atoms with Crippen LogP contribution >= 0.6 is 11.8 Å². The topological polar surface area (TPSA) is 55.4 Å². The number of esters is 1. The minimum atomic E-state index is -0.357. The molecule has 0 bridgehead atoms. The monoisotopic (exact) mass is 279 g/mol. The molecule has 1 aromatic rings. The number of carbonyl (C=O) groups is 2. The summed E-state index contributed by atoms with van der Waals surface area (Å²) in [6.45, 7) is 7.28. The zero-order valence-corrected chi connectivity index (χ0v) is 11.9. The minimum Gasteiger partial charge on any atom is -0.463 e. The molecule has 0 aliphatic carbocycles. The Morgan fingerprint density at radius 2 is 1.95 bits per heavy atom. The Bertz CT molecular complexity index is 468. The fourth-order valence-electron chi connectivity index (χ4n) is 1.30. The molecule has 0 aliphatic heterocycles. The van der Waals surface area contributed by atoms with Gasteiger partial charge < -0.3 is 10.1 Å². The lowest BCUT2D eigenvalue weighted by Gasteiger charge is -2.06. The maximum atomic E-state index is 11.4. The van der Waals surface area contributed by atoms with E-state index in [0.717, 1.165) is 10.6 Å². The van der Waals surface area contributed by atoms with Crippen LogP contribution in [0.1, 0.15) is 13.8 Å². The lowest BCUT2D eigenvalue weighted by Crippen LogP contribution is -2.08. The maximum absolute atomic E-state index is 11.4. The van der Waals surface area contributed by atoms with Crippen LogP contribution in [0.25, 0.3) is 0 Å². The molecular weight excluding hydrogens is 262 g/mol. The Balaban J connectivity index is 2.47. The molecule has 0 unspecified atom stereocenters. The van der Waals surface area contributed by atoms with Gasteiger partial charge in [-0.1, -0.05) is 6.58 Å². The van der Waals surface area contributed by atoms with E-state index in [1.165, 1.54) is 18.7 Å². The van der Waals surface area contributed by atoms with Crippen LogP contribution < -0.4 is 5.32 Å². The van der Waals surface area contributed by atoms with E-state index >= 15 is 0 Å². The van der Waals surface area contributed by atoms with Gasteiger partial charge in [-0.05, 0) is 31.2 Å². The summed E-state index contributed by atoms with van der Waals surface area (Å²) in [6, 6.07) is 7.40. The summed E-state index contributed by atoms with van der Waals surface area (Å²) in [5.74, 6) is 0.0270. The summed E-state index contributed by atoms with van der Waals surface area (Å²) in [6.07, 6.45) is 0. The number of carbonyl (C=O) groups excluding carboxylic acids is 2. The number of thioether (sulfide) groups is 1. The summed E-state index contributed by atoms with van der Waals surface area (Å²) >= 11 is 1.50. The number of ether oxygens (including phenoxy) is 1. The van der Waals surface area contributed by atoms with E-state index in [1.54, 1.807) is 6.92 Å². The predicted molar refractivity (Wildman–Crippen MR) is 77.2 cm³/mol. The van der Waals surface area contributed by atoms with Crippen LogP contribution in [0.15, 0.2) is 41.3 Å². The van der Waals surface area contributed by atoms with Crippen LogP contribution in [0, 0.1) is 0 Å². The standard InChI is InChI=1S/C14H17NO3S/c1-4-18-14(17)10(2)9-19-13-7-5-12(6-8-13)15-11(3)16/h5-8H,2,4,9H2,1,3H3,(H,15,16). The van der Waals surface area contributed by atoms with Gasteiger partial charge in [0.1, 0.15) is 0 Å². The third-order valence-corrected chi connectivity index (χ3v) is 3.25. The molecule has 5 heteroatoms. The van der Waals surface area contributed by atoms with Gasteiger partial charge in [0.15, 0.2) is 0 Å². The summed E-state index contributed by atoms with van der Waals surface area (Å²) in [5.41, 5.74) is 1.19. The summed E-state index contributed by atoms with van der Waals surface area (Å²) in [4.78, 5) is 23.2. The highest BCUT2D eigenvalue weighted by molar-refractivity contribution is 7.99. The number of rotatable bonds is 6. The average molecular weight is 279 g/mol. The Kier molecular flexibility index (Phi) is 6.15. The maximum Gasteiger partial charge on any atom is 0.334 e. The molecule has 4 nitrogen and oxygen atoms in total. The van der Waals surface area contributed by atoms with Crippen molar-refractivity contribution < 1.29 is 14.3 Å². The fourth-order valence-corrected chi connectivity index (χ4v) is 2.09. The SMILES string of the molecule is C=C(CSc1ccc(NC(C)=O)cc1)C(=O)OCC. The van der Waals surface area contributed by atoms with Gasteiger partial charge in [0.05, 0.1) is 6.61 Å². The molecule has 0 saturated heterocycles. The van der Waals surface area contributed by atoms with Crippen LogP contribution in [0.4, 0.5) is 5.69 Å². The van der Waals surface area contributed by atoms with Crippen molar-refractivity contribution in [3.63, 3.8) is 0 Å². The number of anilines is 1. The second kappa shape index (κ2) is 7.63. The number of hydrogen-bond donors (Lipinski definition) is 1. The van der Waals surface area contributed by atoms with E-state index in [2.05, 4.69) is 11.9 Å². The van der Waals surface area contributed by atoms with Gasteiger partial charge in [0, 0.05) is 28.8 Å². The number of hydrogen-bond acceptors (Lipinski definition) is 4. The molecule has 0 radical (unpaired) electrons. The highest BCUT2D eigenvalue weighted by Crippen LogP contribution is 2.22. The van der Waals surface area contributed by atoms with Crippen LogP contribution in [-0.4, -0.2) is 24.2 Å². The highest BCUT2D eigenvalue weighted by atomic mass is 32.2. The van der Waals surface area contributed by atoms with E-state index in [4.69, 9.17) is 4.74 Å². The van der Waals surface area contributed by atoms with Crippen LogP contribution in [0.3, 0.4) is 0 Å². The quantitative estimate of drug-likeness (QED) is 0.494. The van der Waals surface area contributed by atoms with Gasteiger partial charge in [0.25, 0.3) is 0 Å². The molecule has 102 valence electrons. The average Bonchev–Trinajstić information content (AvgIpc) is 2.37. The van der Waals surface area contributed by atoms with Crippen LogP contribution in [0.5, 0.6) is 0 Å². The lowest BCUT2D eigenvalue weighted by atomic mass is 10.3. The number of nitrogens with one attached hydrogen (secondary N) is 1. The van der Waals surface area contributed by atoms with E-state index in [-0.39, 0.29) is 11.9 Å². The molecule has 1 aromatic carbocycles. The smallest absolute Gasteiger partial charge is 0.334 e. The molecule has 0 saturated carbocycles. The summed E-state index contributed by atoms with van der Waals surface area (Å²) < 4.78 is 4.86. The largest absolute Gasteiger partial charge is 0.463 e. The molecule has 0 aliphatic rings. The van der Waals surface area contributed by atoms with Crippen molar-refractivity contribution in [2.24, 2.45) is 0 Å². The zero-order valence-electron chi connectivity index (χ0n) is 11.1. The summed E-state index contributed by atoms with van der Waals surface area (Å²) in [7, 11) is 0. The van der Waals surface area contributed by atoms with E-state index in [9.17, 15) is 9.59 Å². The molecule has 0 fully saturated rings. The first-order valence-corrected chi connectivity index (χ1v) is 6.87. The Labute approximate surface area is 117 Å². The molecule has 0 spiro atoms. The van der Waals surface area contributed by atoms with Crippen molar-refractivity contribution in [2.75, 3.05) is 17.7 Å². The van der Waals surface area contributed by atoms with Crippen molar-refractivity contribution >= 4 is 29.3 Å². The number of amides is 1. The highest BCUT2D eigenvalue weighted by Gasteiger charge is 2.08. The normalized spacial score (nSPS) is 9.79. The van der Waals surface area contributed by atoms with Crippen molar-refractivity contribution in [3.8, 4) is 0 Å². The first kappa shape index (κ1) is 15.3. The first-order chi connectivity index (χ1) is 9.02.